The van der Waals surface area contributed by atoms with Crippen LogP contribution in [0.3, 0.4) is 0 Å². The third-order valence-electron chi connectivity index (χ3n) is 3.39. The van der Waals surface area contributed by atoms with Gasteiger partial charge in [0.2, 0.25) is 0 Å². The Morgan fingerprint density at radius 3 is 2.78 bits per heavy atom. The van der Waals surface area contributed by atoms with Crippen LogP contribution < -0.4 is 0 Å². The van der Waals surface area contributed by atoms with E-state index in [1.54, 1.807) is 6.20 Å². The highest BCUT2D eigenvalue weighted by Gasteiger charge is 2.28. The van der Waals surface area contributed by atoms with Crippen molar-refractivity contribution in [3.8, 4) is 0 Å². The molecule has 5 heteroatoms. The molecule has 0 amide bonds. The van der Waals surface area contributed by atoms with Crippen LogP contribution in [0.2, 0.25) is 5.15 Å². The molecule has 1 aliphatic carbocycles. The molecule has 1 saturated carbocycles. The van der Waals surface area contributed by atoms with Gasteiger partial charge in [0.15, 0.2) is 0 Å². The molecule has 4 nitrogen and oxygen atoms in total. The summed E-state index contributed by atoms with van der Waals surface area (Å²) in [5.41, 5.74) is 1.95. The Hall–Kier alpha value is -1.42. The summed E-state index contributed by atoms with van der Waals surface area (Å²) in [6.07, 6.45) is 6.81. The van der Waals surface area contributed by atoms with E-state index in [9.17, 15) is 0 Å². The van der Waals surface area contributed by atoms with Crippen LogP contribution in [0.1, 0.15) is 41.7 Å². The lowest BCUT2D eigenvalue weighted by Gasteiger charge is -2.09. The Morgan fingerprint density at radius 1 is 1.39 bits per heavy atom. The summed E-state index contributed by atoms with van der Waals surface area (Å²) in [4.78, 5) is 13.4. The van der Waals surface area contributed by atoms with Crippen LogP contribution >= 0.6 is 11.6 Å². The first kappa shape index (κ1) is 11.7. The van der Waals surface area contributed by atoms with Crippen molar-refractivity contribution in [2.24, 2.45) is 7.05 Å². The number of aromatic nitrogens is 4. The third kappa shape index (κ3) is 2.12. The summed E-state index contributed by atoms with van der Waals surface area (Å²) >= 11 is 6.19. The lowest BCUT2D eigenvalue weighted by Crippen LogP contribution is -2.06. The Bertz CT molecular complexity index is 587. The number of halogens is 1. The summed E-state index contributed by atoms with van der Waals surface area (Å²) in [5.74, 6) is 2.41. The van der Waals surface area contributed by atoms with E-state index >= 15 is 0 Å². The first-order valence-electron chi connectivity index (χ1n) is 6.14. The van der Waals surface area contributed by atoms with Gasteiger partial charge >= 0.3 is 0 Å². The van der Waals surface area contributed by atoms with Gasteiger partial charge in [0.05, 0.1) is 5.69 Å². The van der Waals surface area contributed by atoms with E-state index in [1.807, 2.05) is 24.7 Å². The molecule has 2 heterocycles. The predicted molar refractivity (Wildman–Crippen MR) is 69.8 cm³/mol. The van der Waals surface area contributed by atoms with Crippen LogP contribution in [0.15, 0.2) is 12.4 Å². The molecule has 2 aromatic heterocycles. The predicted octanol–water partition coefficient (Wildman–Crippen LogP) is 2.64. The van der Waals surface area contributed by atoms with Gasteiger partial charge in [-0.25, -0.2) is 15.0 Å². The van der Waals surface area contributed by atoms with Crippen LogP contribution in [-0.4, -0.2) is 19.5 Å². The number of nitrogens with zero attached hydrogens (tertiary/aromatic N) is 4. The second kappa shape index (κ2) is 4.35. The first-order valence-corrected chi connectivity index (χ1v) is 6.52. The monoisotopic (exact) mass is 262 g/mol. The number of hydrogen-bond acceptors (Lipinski definition) is 3. The minimum atomic E-state index is 0.517. The van der Waals surface area contributed by atoms with E-state index in [2.05, 4.69) is 15.0 Å². The van der Waals surface area contributed by atoms with Gasteiger partial charge in [-0.3, -0.25) is 0 Å². The van der Waals surface area contributed by atoms with Crippen molar-refractivity contribution in [2.45, 2.75) is 32.1 Å². The van der Waals surface area contributed by atoms with E-state index in [-0.39, 0.29) is 0 Å². The molecular weight excluding hydrogens is 248 g/mol. The van der Waals surface area contributed by atoms with Crippen LogP contribution in [0.5, 0.6) is 0 Å². The molecule has 0 aliphatic heterocycles. The number of aryl methyl sites for hydroxylation is 1. The molecule has 1 aliphatic rings. The Balaban J connectivity index is 1.97. The maximum absolute atomic E-state index is 6.19. The fourth-order valence-corrected chi connectivity index (χ4v) is 2.16. The average Bonchev–Trinajstić information content (AvgIpc) is 3.11. The van der Waals surface area contributed by atoms with Gasteiger partial charge in [-0.1, -0.05) is 11.6 Å². The maximum atomic E-state index is 6.19. The van der Waals surface area contributed by atoms with Crippen molar-refractivity contribution in [2.75, 3.05) is 0 Å². The van der Waals surface area contributed by atoms with E-state index in [0.717, 1.165) is 22.9 Å². The molecule has 2 aromatic rings. The quantitative estimate of drug-likeness (QED) is 0.799. The zero-order valence-corrected chi connectivity index (χ0v) is 11.3. The minimum Gasteiger partial charge on any atom is -0.338 e. The van der Waals surface area contributed by atoms with Gasteiger partial charge in [0, 0.05) is 37.3 Å². The van der Waals surface area contributed by atoms with Crippen LogP contribution in [0.4, 0.5) is 0 Å². The molecule has 18 heavy (non-hydrogen) atoms. The van der Waals surface area contributed by atoms with Crippen LogP contribution in [0, 0.1) is 6.92 Å². The van der Waals surface area contributed by atoms with Crippen LogP contribution in [0.25, 0.3) is 0 Å². The van der Waals surface area contributed by atoms with Crippen molar-refractivity contribution < 1.29 is 0 Å². The Labute approximate surface area is 111 Å². The molecule has 0 atom stereocenters. The molecule has 0 radical (unpaired) electrons. The van der Waals surface area contributed by atoms with E-state index in [4.69, 9.17) is 11.6 Å². The molecule has 3 rings (SSSR count). The van der Waals surface area contributed by atoms with Gasteiger partial charge < -0.3 is 4.57 Å². The number of hydrogen-bond donors (Lipinski definition) is 0. The maximum Gasteiger partial charge on any atom is 0.135 e. The fourth-order valence-electron chi connectivity index (χ4n) is 1.96. The van der Waals surface area contributed by atoms with Gasteiger partial charge in [0.1, 0.15) is 16.8 Å². The van der Waals surface area contributed by atoms with Crippen molar-refractivity contribution in [3.05, 3.63) is 40.5 Å². The summed E-state index contributed by atoms with van der Waals surface area (Å²) < 4.78 is 2.01. The van der Waals surface area contributed by atoms with E-state index in [0.29, 0.717) is 17.5 Å². The lowest BCUT2D eigenvalue weighted by atomic mass is 10.2. The third-order valence-corrected chi connectivity index (χ3v) is 3.76. The molecule has 0 bridgehead atoms. The largest absolute Gasteiger partial charge is 0.338 e. The lowest BCUT2D eigenvalue weighted by molar-refractivity contribution is 0.791. The van der Waals surface area contributed by atoms with Gasteiger partial charge in [-0.15, -0.1) is 0 Å². The Kier molecular flexibility index (Phi) is 2.82. The average molecular weight is 263 g/mol. The minimum absolute atomic E-state index is 0.517. The standard InChI is InChI=1S/C13H15ClN4/c1-8-10(7-11-15-5-6-18(11)2)16-13(9-3-4-9)17-12(8)14/h5-6,9H,3-4,7H2,1-2H3. The fraction of sp³-hybridized carbons (Fsp3) is 0.462. The molecule has 0 spiro atoms. The molecular formula is C13H15ClN4. The second-order valence-corrected chi connectivity index (χ2v) is 5.21. The molecule has 0 unspecified atom stereocenters. The summed E-state index contributed by atoms with van der Waals surface area (Å²) in [6, 6.07) is 0. The van der Waals surface area contributed by atoms with Crippen molar-refractivity contribution in [1.82, 2.24) is 19.5 Å². The van der Waals surface area contributed by atoms with Crippen molar-refractivity contribution in [1.29, 1.82) is 0 Å². The van der Waals surface area contributed by atoms with Gasteiger partial charge in [-0.2, -0.15) is 0 Å². The highest BCUT2D eigenvalue weighted by Crippen LogP contribution is 2.39. The SMILES string of the molecule is Cc1c(Cl)nc(C2CC2)nc1Cc1nccn1C. The molecule has 1 fully saturated rings. The zero-order chi connectivity index (χ0) is 12.7. The number of imidazole rings is 1. The van der Waals surface area contributed by atoms with Gasteiger partial charge in [0.25, 0.3) is 0 Å². The normalized spacial score (nSPS) is 15.1. The van der Waals surface area contributed by atoms with E-state index < -0.39 is 0 Å². The zero-order valence-electron chi connectivity index (χ0n) is 10.5. The smallest absolute Gasteiger partial charge is 0.135 e. The van der Waals surface area contributed by atoms with E-state index in [1.165, 1.54) is 12.8 Å². The first-order chi connectivity index (χ1) is 8.65. The van der Waals surface area contributed by atoms with Crippen molar-refractivity contribution in [3.63, 3.8) is 0 Å². The summed E-state index contributed by atoms with van der Waals surface area (Å²) in [5, 5.41) is 0.580. The summed E-state index contributed by atoms with van der Waals surface area (Å²) in [6.45, 7) is 1.97. The highest BCUT2D eigenvalue weighted by molar-refractivity contribution is 6.30. The molecule has 0 N–H and O–H groups in total. The number of rotatable bonds is 3. The Morgan fingerprint density at radius 2 is 2.17 bits per heavy atom. The topological polar surface area (TPSA) is 43.6 Å². The van der Waals surface area contributed by atoms with Gasteiger partial charge in [-0.05, 0) is 19.8 Å². The highest BCUT2D eigenvalue weighted by atomic mass is 35.5. The van der Waals surface area contributed by atoms with Crippen molar-refractivity contribution >= 4 is 11.6 Å². The van der Waals surface area contributed by atoms with Crippen LogP contribution in [-0.2, 0) is 13.5 Å². The molecule has 0 saturated heterocycles. The summed E-state index contributed by atoms with van der Waals surface area (Å²) in [7, 11) is 1.99. The molecule has 0 aromatic carbocycles. The molecule has 94 valence electrons. The second-order valence-electron chi connectivity index (χ2n) is 4.85.